The summed E-state index contributed by atoms with van der Waals surface area (Å²) in [5.41, 5.74) is 1.97. The first-order chi connectivity index (χ1) is 7.69. The minimum atomic E-state index is 0.747. The van der Waals surface area contributed by atoms with Gasteiger partial charge in [-0.15, -0.1) is 0 Å². The first-order valence-corrected chi connectivity index (χ1v) is 5.78. The third-order valence-electron chi connectivity index (χ3n) is 2.21. The van der Waals surface area contributed by atoms with Crippen molar-refractivity contribution >= 4 is 21.7 Å². The molecule has 0 amide bonds. The van der Waals surface area contributed by atoms with Crippen molar-refractivity contribution in [3.05, 3.63) is 40.5 Å². The van der Waals surface area contributed by atoms with Crippen molar-refractivity contribution in [1.29, 1.82) is 0 Å². The molecule has 0 radical (unpaired) electrons. The Kier molecular flexibility index (Phi) is 3.19. The molecule has 3 nitrogen and oxygen atoms in total. The predicted molar refractivity (Wildman–Crippen MR) is 69.5 cm³/mol. The van der Waals surface area contributed by atoms with E-state index in [0.717, 1.165) is 27.4 Å². The van der Waals surface area contributed by atoms with Gasteiger partial charge in [0.05, 0.1) is 0 Å². The molecule has 0 fully saturated rings. The van der Waals surface area contributed by atoms with Gasteiger partial charge in [-0.25, -0.2) is 9.97 Å². The van der Waals surface area contributed by atoms with Crippen LogP contribution in [0.15, 0.2) is 34.8 Å². The van der Waals surface area contributed by atoms with Crippen LogP contribution in [-0.4, -0.2) is 17.0 Å². The summed E-state index contributed by atoms with van der Waals surface area (Å²) in [6.07, 6.45) is 0. The number of aromatic nitrogens is 2. The Morgan fingerprint density at radius 1 is 1.12 bits per heavy atom. The van der Waals surface area contributed by atoms with Crippen LogP contribution in [0.2, 0.25) is 0 Å². The molecule has 0 atom stereocenters. The summed E-state index contributed by atoms with van der Waals surface area (Å²) in [6, 6.07) is 9.89. The Balaban J connectivity index is 2.47. The first-order valence-electron chi connectivity index (χ1n) is 4.98. The number of benzene rings is 1. The average molecular weight is 278 g/mol. The van der Waals surface area contributed by atoms with E-state index in [1.54, 1.807) is 0 Å². The third kappa shape index (κ3) is 2.39. The Morgan fingerprint density at radius 3 is 2.44 bits per heavy atom. The maximum atomic E-state index is 4.42. The lowest BCUT2D eigenvalue weighted by atomic mass is 10.2. The molecule has 1 aromatic carbocycles. The molecule has 0 bridgehead atoms. The van der Waals surface area contributed by atoms with Gasteiger partial charge in [0.15, 0.2) is 5.82 Å². The maximum Gasteiger partial charge on any atom is 0.161 e. The Labute approximate surface area is 103 Å². The van der Waals surface area contributed by atoms with E-state index in [2.05, 4.69) is 31.2 Å². The summed E-state index contributed by atoms with van der Waals surface area (Å²) < 4.78 is 1.05. The number of aryl methyl sites for hydroxylation is 1. The van der Waals surface area contributed by atoms with Gasteiger partial charge in [0.25, 0.3) is 0 Å². The summed E-state index contributed by atoms with van der Waals surface area (Å²) in [5, 5.41) is 3.03. The molecule has 0 saturated carbocycles. The molecule has 0 aliphatic heterocycles. The van der Waals surface area contributed by atoms with Crippen LogP contribution in [0.5, 0.6) is 0 Å². The van der Waals surface area contributed by atoms with Gasteiger partial charge in [-0.3, -0.25) is 0 Å². The fourth-order valence-electron chi connectivity index (χ4n) is 1.42. The zero-order chi connectivity index (χ0) is 11.5. The molecule has 0 spiro atoms. The number of nitrogens with zero attached hydrogens (tertiary/aromatic N) is 2. The van der Waals surface area contributed by atoms with Gasteiger partial charge < -0.3 is 5.32 Å². The fourth-order valence-corrected chi connectivity index (χ4v) is 1.69. The molecule has 0 unspecified atom stereocenters. The zero-order valence-corrected chi connectivity index (χ0v) is 10.7. The van der Waals surface area contributed by atoms with Crippen LogP contribution in [-0.2, 0) is 0 Å². The van der Waals surface area contributed by atoms with Gasteiger partial charge in [-0.1, -0.05) is 28.1 Å². The summed E-state index contributed by atoms with van der Waals surface area (Å²) in [5.74, 6) is 1.59. The number of hydrogen-bond donors (Lipinski definition) is 1. The van der Waals surface area contributed by atoms with E-state index < -0.39 is 0 Å². The summed E-state index contributed by atoms with van der Waals surface area (Å²) >= 11 is 3.41. The second-order valence-electron chi connectivity index (χ2n) is 3.48. The molecule has 4 heteroatoms. The molecular weight excluding hydrogens is 266 g/mol. The van der Waals surface area contributed by atoms with Gasteiger partial charge in [0, 0.05) is 28.8 Å². The highest BCUT2D eigenvalue weighted by Gasteiger charge is 2.03. The molecule has 0 aliphatic carbocycles. The highest BCUT2D eigenvalue weighted by atomic mass is 79.9. The molecule has 2 rings (SSSR count). The predicted octanol–water partition coefficient (Wildman–Crippen LogP) is 3.26. The minimum Gasteiger partial charge on any atom is -0.373 e. The smallest absolute Gasteiger partial charge is 0.161 e. The lowest BCUT2D eigenvalue weighted by molar-refractivity contribution is 1.11. The fraction of sp³-hybridized carbons (Fsp3) is 0.167. The van der Waals surface area contributed by atoms with Crippen LogP contribution >= 0.6 is 15.9 Å². The molecule has 1 heterocycles. The van der Waals surface area contributed by atoms with Gasteiger partial charge in [0.1, 0.15) is 5.82 Å². The summed E-state index contributed by atoms with van der Waals surface area (Å²) in [4.78, 5) is 8.83. The van der Waals surface area contributed by atoms with E-state index in [1.165, 1.54) is 0 Å². The van der Waals surface area contributed by atoms with Gasteiger partial charge in [0.2, 0.25) is 0 Å². The molecule has 0 saturated heterocycles. The highest BCUT2D eigenvalue weighted by molar-refractivity contribution is 9.10. The molecule has 16 heavy (non-hydrogen) atoms. The van der Waals surface area contributed by atoms with Crippen LogP contribution in [0, 0.1) is 6.92 Å². The largest absolute Gasteiger partial charge is 0.373 e. The number of anilines is 1. The topological polar surface area (TPSA) is 37.8 Å². The lowest BCUT2D eigenvalue weighted by Crippen LogP contribution is -1.98. The molecule has 2 aromatic rings. The van der Waals surface area contributed by atoms with Crippen molar-refractivity contribution in [3.8, 4) is 11.4 Å². The van der Waals surface area contributed by atoms with Crippen molar-refractivity contribution in [1.82, 2.24) is 9.97 Å². The molecule has 1 N–H and O–H groups in total. The minimum absolute atomic E-state index is 0.747. The van der Waals surface area contributed by atoms with E-state index in [9.17, 15) is 0 Å². The van der Waals surface area contributed by atoms with E-state index >= 15 is 0 Å². The van der Waals surface area contributed by atoms with Crippen LogP contribution in [0.4, 0.5) is 5.82 Å². The molecular formula is C12H12BrN3. The third-order valence-corrected chi connectivity index (χ3v) is 2.74. The number of hydrogen-bond acceptors (Lipinski definition) is 3. The van der Waals surface area contributed by atoms with Crippen LogP contribution in [0.25, 0.3) is 11.4 Å². The summed E-state index contributed by atoms with van der Waals surface area (Å²) in [6.45, 7) is 1.96. The number of halogens is 1. The Morgan fingerprint density at radius 2 is 1.81 bits per heavy atom. The van der Waals surface area contributed by atoms with Gasteiger partial charge in [-0.05, 0) is 19.1 Å². The second kappa shape index (κ2) is 4.61. The highest BCUT2D eigenvalue weighted by Crippen LogP contribution is 2.20. The van der Waals surface area contributed by atoms with E-state index in [-0.39, 0.29) is 0 Å². The normalized spacial score (nSPS) is 10.2. The van der Waals surface area contributed by atoms with Crippen LogP contribution < -0.4 is 5.32 Å². The second-order valence-corrected chi connectivity index (χ2v) is 4.39. The average Bonchev–Trinajstić information content (AvgIpc) is 2.29. The molecule has 1 aromatic heterocycles. The Hall–Kier alpha value is -1.42. The van der Waals surface area contributed by atoms with Crippen molar-refractivity contribution in [2.75, 3.05) is 12.4 Å². The van der Waals surface area contributed by atoms with Crippen LogP contribution in [0.3, 0.4) is 0 Å². The van der Waals surface area contributed by atoms with Crippen molar-refractivity contribution < 1.29 is 0 Å². The van der Waals surface area contributed by atoms with Crippen molar-refractivity contribution in [2.45, 2.75) is 6.92 Å². The van der Waals surface area contributed by atoms with Crippen molar-refractivity contribution in [2.24, 2.45) is 0 Å². The number of nitrogens with one attached hydrogen (secondary N) is 1. The standard InChI is InChI=1S/C12H12BrN3/c1-8-7-11(14-2)16-12(15-8)9-3-5-10(13)6-4-9/h3-7H,1-2H3,(H,14,15,16). The van der Waals surface area contributed by atoms with Gasteiger partial charge >= 0.3 is 0 Å². The van der Waals surface area contributed by atoms with Gasteiger partial charge in [-0.2, -0.15) is 0 Å². The van der Waals surface area contributed by atoms with Crippen molar-refractivity contribution in [3.63, 3.8) is 0 Å². The maximum absolute atomic E-state index is 4.42. The van der Waals surface area contributed by atoms with Crippen LogP contribution in [0.1, 0.15) is 5.69 Å². The quantitative estimate of drug-likeness (QED) is 0.916. The van der Waals surface area contributed by atoms with E-state index in [0.29, 0.717) is 0 Å². The van der Waals surface area contributed by atoms with E-state index in [1.807, 2.05) is 44.3 Å². The molecule has 0 aliphatic rings. The number of rotatable bonds is 2. The first kappa shape index (κ1) is 11.1. The lowest BCUT2D eigenvalue weighted by Gasteiger charge is -2.05. The summed E-state index contributed by atoms with van der Waals surface area (Å²) in [7, 11) is 1.85. The Bertz CT molecular complexity index is 494. The SMILES string of the molecule is CNc1cc(C)nc(-c2ccc(Br)cc2)n1. The monoisotopic (exact) mass is 277 g/mol. The van der Waals surface area contributed by atoms with E-state index in [4.69, 9.17) is 0 Å². The molecule has 82 valence electrons. The zero-order valence-electron chi connectivity index (χ0n) is 9.16.